The molecule has 0 spiro atoms. The minimum Gasteiger partial charge on any atom is -0.390 e. The fraction of sp³-hybridized carbons (Fsp3) is 0.438. The molecule has 0 atom stereocenters. The molecule has 1 aromatic carbocycles. The summed E-state index contributed by atoms with van der Waals surface area (Å²) >= 11 is 0. The molecule has 1 aromatic heterocycles. The molecule has 0 aliphatic heterocycles. The molecule has 0 fully saturated rings. The smallest absolute Gasteiger partial charge is 0.0662 e. The van der Waals surface area contributed by atoms with E-state index in [0.717, 1.165) is 23.5 Å². The molecule has 102 valence electrons. The Labute approximate surface area is 114 Å². The van der Waals surface area contributed by atoms with Gasteiger partial charge in [0.1, 0.15) is 0 Å². The largest absolute Gasteiger partial charge is 0.390 e. The lowest BCUT2D eigenvalue weighted by molar-refractivity contribution is 0.0806. The lowest BCUT2D eigenvalue weighted by atomic mass is 9.97. The van der Waals surface area contributed by atoms with Crippen molar-refractivity contribution in [2.75, 3.05) is 0 Å². The Morgan fingerprint density at radius 2 is 1.79 bits per heavy atom. The van der Waals surface area contributed by atoms with Gasteiger partial charge in [0.15, 0.2) is 0 Å². The summed E-state index contributed by atoms with van der Waals surface area (Å²) in [5, 5.41) is 14.6. The van der Waals surface area contributed by atoms with Crippen LogP contribution in [0.15, 0.2) is 30.3 Å². The van der Waals surface area contributed by atoms with E-state index in [-0.39, 0.29) is 0 Å². The molecule has 0 radical (unpaired) electrons. The summed E-state index contributed by atoms with van der Waals surface area (Å²) in [5.74, 6) is 0. The second-order valence-electron chi connectivity index (χ2n) is 5.78. The Balaban J connectivity index is 2.26. The van der Waals surface area contributed by atoms with E-state index in [1.54, 1.807) is 0 Å². The standard InChI is InChI=1S/C16H22N2O/c1-12-15(10-16(3,4)19)13(2)18(17-12)11-14-8-6-5-7-9-14/h5-9,19H,10-11H2,1-4H3. The fourth-order valence-electron chi connectivity index (χ4n) is 2.33. The van der Waals surface area contributed by atoms with Gasteiger partial charge in [0, 0.05) is 12.1 Å². The predicted molar refractivity (Wildman–Crippen MR) is 77.2 cm³/mol. The first-order valence-electron chi connectivity index (χ1n) is 6.66. The number of nitrogens with zero attached hydrogens (tertiary/aromatic N) is 2. The molecule has 3 nitrogen and oxygen atoms in total. The van der Waals surface area contributed by atoms with Gasteiger partial charge in [-0.15, -0.1) is 0 Å². The van der Waals surface area contributed by atoms with Crippen molar-refractivity contribution in [1.29, 1.82) is 0 Å². The van der Waals surface area contributed by atoms with Gasteiger partial charge in [0.2, 0.25) is 0 Å². The van der Waals surface area contributed by atoms with Gasteiger partial charge in [0.25, 0.3) is 0 Å². The summed E-state index contributed by atoms with van der Waals surface area (Å²) in [6.07, 6.45) is 0.638. The quantitative estimate of drug-likeness (QED) is 0.915. The molecule has 0 amide bonds. The Bertz CT molecular complexity index is 550. The van der Waals surface area contributed by atoms with Gasteiger partial charge in [0.05, 0.1) is 17.8 Å². The van der Waals surface area contributed by atoms with Crippen LogP contribution >= 0.6 is 0 Å². The lowest BCUT2D eigenvalue weighted by Crippen LogP contribution is -2.22. The first kappa shape index (κ1) is 13.8. The minimum absolute atomic E-state index is 0.638. The molecule has 1 heterocycles. The Morgan fingerprint density at radius 3 is 2.37 bits per heavy atom. The molecule has 2 rings (SSSR count). The number of aryl methyl sites for hydroxylation is 1. The fourth-order valence-corrected chi connectivity index (χ4v) is 2.33. The highest BCUT2D eigenvalue weighted by Crippen LogP contribution is 2.20. The van der Waals surface area contributed by atoms with Gasteiger partial charge < -0.3 is 5.11 Å². The number of benzene rings is 1. The van der Waals surface area contributed by atoms with Gasteiger partial charge in [-0.2, -0.15) is 5.10 Å². The predicted octanol–water partition coefficient (Wildman–Crippen LogP) is 2.86. The summed E-state index contributed by atoms with van der Waals surface area (Å²) in [5.41, 5.74) is 3.85. The van der Waals surface area contributed by atoms with E-state index in [2.05, 4.69) is 24.2 Å². The van der Waals surface area contributed by atoms with Crippen LogP contribution in [0.4, 0.5) is 0 Å². The van der Waals surface area contributed by atoms with Gasteiger partial charge >= 0.3 is 0 Å². The molecule has 0 aliphatic carbocycles. The van der Waals surface area contributed by atoms with Crippen molar-refractivity contribution in [1.82, 2.24) is 9.78 Å². The maximum atomic E-state index is 9.98. The summed E-state index contributed by atoms with van der Waals surface area (Å²) in [4.78, 5) is 0. The highest BCUT2D eigenvalue weighted by molar-refractivity contribution is 5.27. The van der Waals surface area contributed by atoms with Crippen LogP contribution in [0.5, 0.6) is 0 Å². The molecular formula is C16H22N2O. The van der Waals surface area contributed by atoms with Crippen LogP contribution < -0.4 is 0 Å². The van der Waals surface area contributed by atoms with Gasteiger partial charge in [-0.25, -0.2) is 0 Å². The molecule has 0 bridgehead atoms. The summed E-state index contributed by atoms with van der Waals surface area (Å²) in [7, 11) is 0. The topological polar surface area (TPSA) is 38.0 Å². The zero-order valence-electron chi connectivity index (χ0n) is 12.1. The van der Waals surface area contributed by atoms with Gasteiger partial charge in [-0.1, -0.05) is 30.3 Å². The van der Waals surface area contributed by atoms with Crippen LogP contribution in [0.25, 0.3) is 0 Å². The molecule has 3 heteroatoms. The molecule has 0 aliphatic rings. The van der Waals surface area contributed by atoms with Crippen molar-refractivity contribution in [2.45, 2.75) is 46.3 Å². The highest BCUT2D eigenvalue weighted by Gasteiger charge is 2.20. The molecular weight excluding hydrogens is 236 g/mol. The monoisotopic (exact) mass is 258 g/mol. The zero-order valence-corrected chi connectivity index (χ0v) is 12.1. The second-order valence-corrected chi connectivity index (χ2v) is 5.78. The van der Waals surface area contributed by atoms with E-state index < -0.39 is 5.60 Å². The molecule has 1 N–H and O–H groups in total. The van der Waals surface area contributed by atoms with Crippen LogP contribution in [-0.2, 0) is 13.0 Å². The van der Waals surface area contributed by atoms with Crippen LogP contribution in [0, 0.1) is 13.8 Å². The average Bonchev–Trinajstić information content (AvgIpc) is 2.57. The van der Waals surface area contributed by atoms with Gasteiger partial charge in [-0.05, 0) is 38.8 Å². The molecule has 0 saturated carbocycles. The van der Waals surface area contributed by atoms with Crippen molar-refractivity contribution in [3.8, 4) is 0 Å². The Hall–Kier alpha value is -1.61. The van der Waals surface area contributed by atoms with Crippen molar-refractivity contribution < 1.29 is 5.11 Å². The molecule has 2 aromatic rings. The van der Waals surface area contributed by atoms with Gasteiger partial charge in [-0.3, -0.25) is 4.68 Å². The van der Waals surface area contributed by atoms with Crippen LogP contribution in [0.3, 0.4) is 0 Å². The van der Waals surface area contributed by atoms with E-state index in [1.165, 1.54) is 5.56 Å². The van der Waals surface area contributed by atoms with Crippen molar-refractivity contribution in [3.63, 3.8) is 0 Å². The summed E-state index contributed by atoms with van der Waals surface area (Å²) in [6, 6.07) is 10.3. The summed E-state index contributed by atoms with van der Waals surface area (Å²) < 4.78 is 2.02. The number of rotatable bonds is 4. The van der Waals surface area contributed by atoms with E-state index in [1.807, 2.05) is 43.7 Å². The van der Waals surface area contributed by atoms with Crippen molar-refractivity contribution in [3.05, 3.63) is 52.8 Å². The maximum Gasteiger partial charge on any atom is 0.0662 e. The van der Waals surface area contributed by atoms with E-state index in [4.69, 9.17) is 0 Å². The average molecular weight is 258 g/mol. The first-order chi connectivity index (χ1) is 8.87. The van der Waals surface area contributed by atoms with Crippen molar-refractivity contribution >= 4 is 0 Å². The first-order valence-corrected chi connectivity index (χ1v) is 6.66. The Kier molecular flexibility index (Phi) is 3.76. The normalized spacial score (nSPS) is 11.8. The van der Waals surface area contributed by atoms with Crippen LogP contribution in [0.1, 0.15) is 36.4 Å². The van der Waals surface area contributed by atoms with E-state index >= 15 is 0 Å². The third kappa shape index (κ3) is 3.44. The second kappa shape index (κ2) is 5.17. The highest BCUT2D eigenvalue weighted by atomic mass is 16.3. The van der Waals surface area contributed by atoms with Crippen molar-refractivity contribution in [2.24, 2.45) is 0 Å². The van der Waals surface area contributed by atoms with E-state index in [0.29, 0.717) is 6.42 Å². The minimum atomic E-state index is -0.698. The SMILES string of the molecule is Cc1nn(Cc2ccccc2)c(C)c1CC(C)(C)O. The third-order valence-corrected chi connectivity index (χ3v) is 3.32. The molecule has 0 unspecified atom stereocenters. The Morgan fingerprint density at radius 1 is 1.16 bits per heavy atom. The molecule has 0 saturated heterocycles. The number of hydrogen-bond donors (Lipinski definition) is 1. The number of aliphatic hydroxyl groups is 1. The lowest BCUT2D eigenvalue weighted by Gasteiger charge is -2.17. The number of hydrogen-bond acceptors (Lipinski definition) is 2. The van der Waals surface area contributed by atoms with Crippen LogP contribution in [-0.4, -0.2) is 20.5 Å². The number of aromatic nitrogens is 2. The summed E-state index contributed by atoms with van der Waals surface area (Å²) in [6.45, 7) is 8.53. The maximum absolute atomic E-state index is 9.98. The van der Waals surface area contributed by atoms with Crippen LogP contribution in [0.2, 0.25) is 0 Å². The zero-order chi connectivity index (χ0) is 14.0. The van der Waals surface area contributed by atoms with E-state index in [9.17, 15) is 5.11 Å². The molecule has 19 heavy (non-hydrogen) atoms. The third-order valence-electron chi connectivity index (χ3n) is 3.32.